The van der Waals surface area contributed by atoms with E-state index in [2.05, 4.69) is 0 Å². The maximum atomic E-state index is 12.0. The second kappa shape index (κ2) is 4.31. The lowest BCUT2D eigenvalue weighted by atomic mass is 9.81. The highest BCUT2D eigenvalue weighted by Gasteiger charge is 2.33. The molecule has 0 aliphatic heterocycles. The van der Waals surface area contributed by atoms with Gasteiger partial charge in [0.25, 0.3) is 0 Å². The Morgan fingerprint density at radius 1 is 1.00 bits per heavy atom. The minimum atomic E-state index is -4.02. The molecule has 4 heteroatoms. The zero-order valence-electron chi connectivity index (χ0n) is 7.48. The first-order valence-corrected chi connectivity index (χ1v) is 4.69. The smallest absolute Gasteiger partial charge is 0.389 e. The molecule has 1 rings (SSSR count). The second-order valence-corrected chi connectivity index (χ2v) is 3.89. The third-order valence-electron chi connectivity index (χ3n) is 2.74. The number of aliphatic hydroxyl groups is 1. The van der Waals surface area contributed by atoms with Gasteiger partial charge in [0.05, 0.1) is 0 Å². The van der Waals surface area contributed by atoms with Crippen LogP contribution >= 0.6 is 0 Å². The van der Waals surface area contributed by atoms with Gasteiger partial charge in [-0.05, 0) is 37.5 Å². The van der Waals surface area contributed by atoms with E-state index in [1.165, 1.54) is 0 Å². The molecule has 0 amide bonds. The van der Waals surface area contributed by atoms with Gasteiger partial charge in [-0.15, -0.1) is 0 Å². The van der Waals surface area contributed by atoms with Crippen LogP contribution in [0.4, 0.5) is 13.2 Å². The van der Waals surface area contributed by atoms with E-state index in [0.717, 1.165) is 12.8 Å². The van der Waals surface area contributed by atoms with Crippen molar-refractivity contribution >= 4 is 0 Å². The lowest BCUT2D eigenvalue weighted by molar-refractivity contribution is -0.147. The molecule has 1 aliphatic carbocycles. The van der Waals surface area contributed by atoms with Crippen LogP contribution in [0, 0.1) is 11.8 Å². The molecular weight excluding hydrogens is 181 g/mol. The van der Waals surface area contributed by atoms with Gasteiger partial charge < -0.3 is 5.11 Å². The summed E-state index contributed by atoms with van der Waals surface area (Å²) in [6, 6.07) is 0. The number of alkyl halides is 3. The van der Waals surface area contributed by atoms with Crippen molar-refractivity contribution in [3.05, 3.63) is 0 Å². The fourth-order valence-corrected chi connectivity index (χ4v) is 1.95. The van der Waals surface area contributed by atoms with Gasteiger partial charge in [-0.3, -0.25) is 0 Å². The summed E-state index contributed by atoms with van der Waals surface area (Å²) >= 11 is 0. The van der Waals surface area contributed by atoms with Crippen LogP contribution in [0.1, 0.15) is 32.1 Å². The highest BCUT2D eigenvalue weighted by Crippen LogP contribution is 2.35. The van der Waals surface area contributed by atoms with Crippen LogP contribution in [0.2, 0.25) is 0 Å². The Morgan fingerprint density at radius 3 is 1.85 bits per heavy atom. The average Bonchev–Trinajstić information content (AvgIpc) is 2.03. The van der Waals surface area contributed by atoms with Gasteiger partial charge in [0.2, 0.25) is 0 Å². The van der Waals surface area contributed by atoms with Crippen LogP contribution in [0.25, 0.3) is 0 Å². The number of aliphatic hydroxyl groups excluding tert-OH is 1. The zero-order chi connectivity index (χ0) is 9.90. The number of hydrogen-bond acceptors (Lipinski definition) is 1. The van der Waals surface area contributed by atoms with Crippen LogP contribution in [0.3, 0.4) is 0 Å². The second-order valence-electron chi connectivity index (χ2n) is 3.89. The molecule has 13 heavy (non-hydrogen) atoms. The SMILES string of the molecule is OCC1CCC(CC(F)(F)F)CC1. The molecule has 0 heterocycles. The lowest BCUT2D eigenvalue weighted by Gasteiger charge is -2.27. The predicted octanol–water partition coefficient (Wildman–Crippen LogP) is 2.74. The van der Waals surface area contributed by atoms with Crippen molar-refractivity contribution in [2.24, 2.45) is 11.8 Å². The van der Waals surface area contributed by atoms with Crippen molar-refractivity contribution in [3.63, 3.8) is 0 Å². The van der Waals surface area contributed by atoms with Gasteiger partial charge in [0.1, 0.15) is 0 Å². The maximum Gasteiger partial charge on any atom is 0.389 e. The third-order valence-corrected chi connectivity index (χ3v) is 2.74. The number of rotatable bonds is 2. The molecule has 0 radical (unpaired) electrons. The monoisotopic (exact) mass is 196 g/mol. The molecule has 1 aliphatic rings. The van der Waals surface area contributed by atoms with Crippen LogP contribution < -0.4 is 0 Å². The highest BCUT2D eigenvalue weighted by molar-refractivity contribution is 4.73. The summed E-state index contributed by atoms with van der Waals surface area (Å²) in [7, 11) is 0. The molecule has 0 aromatic heterocycles. The molecule has 0 aromatic carbocycles. The van der Waals surface area contributed by atoms with E-state index in [0.29, 0.717) is 12.8 Å². The van der Waals surface area contributed by atoms with Crippen molar-refractivity contribution in [1.82, 2.24) is 0 Å². The van der Waals surface area contributed by atoms with Crippen molar-refractivity contribution in [3.8, 4) is 0 Å². The molecule has 0 bridgehead atoms. The van der Waals surface area contributed by atoms with Crippen molar-refractivity contribution in [2.75, 3.05) is 6.61 Å². The first kappa shape index (κ1) is 10.8. The minimum Gasteiger partial charge on any atom is -0.396 e. The summed E-state index contributed by atoms with van der Waals surface area (Å²) < 4.78 is 35.9. The van der Waals surface area contributed by atoms with E-state index in [-0.39, 0.29) is 18.4 Å². The van der Waals surface area contributed by atoms with Crippen LogP contribution in [-0.2, 0) is 0 Å². The van der Waals surface area contributed by atoms with E-state index >= 15 is 0 Å². The molecule has 0 saturated heterocycles. The Balaban J connectivity index is 2.25. The van der Waals surface area contributed by atoms with E-state index in [9.17, 15) is 13.2 Å². The van der Waals surface area contributed by atoms with Gasteiger partial charge >= 0.3 is 6.18 Å². The Morgan fingerprint density at radius 2 is 1.46 bits per heavy atom. The number of halogens is 3. The fourth-order valence-electron chi connectivity index (χ4n) is 1.95. The molecule has 1 nitrogen and oxygen atoms in total. The van der Waals surface area contributed by atoms with E-state index < -0.39 is 12.6 Å². The highest BCUT2D eigenvalue weighted by atomic mass is 19.4. The molecule has 1 saturated carbocycles. The summed E-state index contributed by atoms with van der Waals surface area (Å²) in [4.78, 5) is 0. The molecule has 1 fully saturated rings. The normalized spacial score (nSPS) is 30.5. The fraction of sp³-hybridized carbons (Fsp3) is 1.00. The van der Waals surface area contributed by atoms with Crippen molar-refractivity contribution in [2.45, 2.75) is 38.3 Å². The van der Waals surface area contributed by atoms with Gasteiger partial charge in [-0.1, -0.05) is 0 Å². The Hall–Kier alpha value is -0.250. The first-order valence-electron chi connectivity index (χ1n) is 4.69. The van der Waals surface area contributed by atoms with Gasteiger partial charge in [0, 0.05) is 13.0 Å². The zero-order valence-corrected chi connectivity index (χ0v) is 7.48. The van der Waals surface area contributed by atoms with E-state index in [1.807, 2.05) is 0 Å². The maximum absolute atomic E-state index is 12.0. The van der Waals surface area contributed by atoms with E-state index in [4.69, 9.17) is 5.11 Å². The molecule has 0 unspecified atom stereocenters. The standard InChI is InChI=1S/C9H15F3O/c10-9(11,12)5-7-1-3-8(6-13)4-2-7/h7-8,13H,1-6H2. The van der Waals surface area contributed by atoms with Crippen LogP contribution in [0.15, 0.2) is 0 Å². The Labute approximate surface area is 75.9 Å². The molecule has 0 aromatic rings. The first-order chi connectivity index (χ1) is 6.01. The van der Waals surface area contributed by atoms with Crippen LogP contribution in [0.5, 0.6) is 0 Å². The quantitative estimate of drug-likeness (QED) is 0.720. The average molecular weight is 196 g/mol. The van der Waals surface area contributed by atoms with Crippen LogP contribution in [-0.4, -0.2) is 17.9 Å². The summed E-state index contributed by atoms with van der Waals surface area (Å²) in [5.41, 5.74) is 0. The summed E-state index contributed by atoms with van der Waals surface area (Å²) in [6.45, 7) is 0.124. The minimum absolute atomic E-state index is 0.124. The van der Waals surface area contributed by atoms with Crippen molar-refractivity contribution < 1.29 is 18.3 Å². The van der Waals surface area contributed by atoms with Crippen molar-refractivity contribution in [1.29, 1.82) is 0 Å². The summed E-state index contributed by atoms with van der Waals surface area (Å²) in [6.07, 6.45) is -1.94. The predicted molar refractivity (Wildman–Crippen MR) is 43.2 cm³/mol. The Kier molecular flexibility index (Phi) is 3.59. The molecule has 0 spiro atoms. The number of hydrogen-bond donors (Lipinski definition) is 1. The van der Waals surface area contributed by atoms with Gasteiger partial charge in [-0.2, -0.15) is 13.2 Å². The molecule has 78 valence electrons. The lowest BCUT2D eigenvalue weighted by Crippen LogP contribution is -2.22. The largest absolute Gasteiger partial charge is 0.396 e. The molecular formula is C9H15F3O. The Bertz CT molecular complexity index is 147. The summed E-state index contributed by atoms with van der Waals surface area (Å²) in [5, 5.41) is 8.79. The molecule has 1 N–H and O–H groups in total. The molecule has 0 atom stereocenters. The van der Waals surface area contributed by atoms with Gasteiger partial charge in [0.15, 0.2) is 0 Å². The third kappa shape index (κ3) is 3.98. The van der Waals surface area contributed by atoms with E-state index in [1.54, 1.807) is 0 Å². The summed E-state index contributed by atoms with van der Waals surface area (Å²) in [5.74, 6) is 0.0345. The van der Waals surface area contributed by atoms with Gasteiger partial charge in [-0.25, -0.2) is 0 Å². The topological polar surface area (TPSA) is 20.2 Å².